The third kappa shape index (κ3) is 3.75. The number of aromatic nitrogens is 1. The molecule has 0 atom stereocenters. The molecule has 1 aromatic rings. The predicted octanol–water partition coefficient (Wildman–Crippen LogP) is 0.843. The van der Waals surface area contributed by atoms with Crippen LogP contribution in [0.1, 0.15) is 16.8 Å². The molecular weight excluding hydrogens is 224 g/mol. The molecule has 6 heteroatoms. The number of anilines is 1. The summed E-state index contributed by atoms with van der Waals surface area (Å²) in [7, 11) is 2.62. The number of hydrogen-bond acceptors (Lipinski definition) is 6. The molecule has 1 heterocycles. The van der Waals surface area contributed by atoms with Crippen molar-refractivity contribution in [1.29, 1.82) is 0 Å². The lowest BCUT2D eigenvalue weighted by atomic mass is 10.2. The molecule has 0 unspecified atom stereocenters. The molecule has 0 spiro atoms. The number of carbonyl (C=O) groups is 2. The molecule has 0 radical (unpaired) electrons. The van der Waals surface area contributed by atoms with Crippen LogP contribution in [0.2, 0.25) is 0 Å². The summed E-state index contributed by atoms with van der Waals surface area (Å²) in [6.07, 6.45) is 1.75. The number of rotatable bonds is 5. The minimum absolute atomic E-state index is 0.202. The summed E-state index contributed by atoms with van der Waals surface area (Å²) in [4.78, 5) is 26.3. The number of hydrogen-bond donors (Lipinski definition) is 1. The zero-order chi connectivity index (χ0) is 12.7. The second-order valence-corrected chi connectivity index (χ2v) is 3.14. The normalized spacial score (nSPS) is 9.53. The topological polar surface area (TPSA) is 77.5 Å². The number of esters is 2. The van der Waals surface area contributed by atoms with Crippen LogP contribution < -0.4 is 5.32 Å². The molecular formula is C11H14N2O4. The number of carbonyl (C=O) groups excluding carboxylic acids is 2. The van der Waals surface area contributed by atoms with Crippen LogP contribution in [0.4, 0.5) is 5.82 Å². The van der Waals surface area contributed by atoms with E-state index in [4.69, 9.17) is 0 Å². The lowest BCUT2D eigenvalue weighted by molar-refractivity contribution is -0.140. The average Bonchev–Trinajstić information content (AvgIpc) is 2.38. The maximum atomic E-state index is 11.4. The Morgan fingerprint density at radius 1 is 1.35 bits per heavy atom. The molecule has 0 aliphatic heterocycles. The number of pyridine rings is 1. The molecule has 92 valence electrons. The molecule has 17 heavy (non-hydrogen) atoms. The molecule has 0 aliphatic carbocycles. The van der Waals surface area contributed by atoms with E-state index in [1.54, 1.807) is 18.3 Å². The van der Waals surface area contributed by atoms with E-state index in [-0.39, 0.29) is 12.4 Å². The van der Waals surface area contributed by atoms with Gasteiger partial charge in [0.2, 0.25) is 0 Å². The minimum atomic E-state index is -0.473. The quantitative estimate of drug-likeness (QED) is 0.766. The van der Waals surface area contributed by atoms with Crippen LogP contribution in [0.5, 0.6) is 0 Å². The fraction of sp³-hybridized carbons (Fsp3) is 0.364. The van der Waals surface area contributed by atoms with E-state index in [1.165, 1.54) is 14.2 Å². The first-order chi connectivity index (χ1) is 8.19. The number of ether oxygens (including phenoxy) is 2. The molecule has 6 nitrogen and oxygen atoms in total. The number of nitrogens with one attached hydrogen (secondary N) is 1. The summed E-state index contributed by atoms with van der Waals surface area (Å²) in [5.41, 5.74) is 0.333. The lowest BCUT2D eigenvalue weighted by Gasteiger charge is -2.08. The van der Waals surface area contributed by atoms with Gasteiger partial charge in [0.25, 0.3) is 0 Å². The molecule has 0 bridgehead atoms. The van der Waals surface area contributed by atoms with Crippen molar-refractivity contribution in [2.24, 2.45) is 0 Å². The highest BCUT2D eigenvalue weighted by Crippen LogP contribution is 2.12. The molecule has 1 rings (SSSR count). The number of methoxy groups -OCH3 is 2. The van der Waals surface area contributed by atoms with Crippen LogP contribution in [0.15, 0.2) is 18.3 Å². The van der Waals surface area contributed by atoms with Gasteiger partial charge in [-0.3, -0.25) is 4.79 Å². The SMILES string of the molecule is COC(=O)CCNc1ncccc1C(=O)OC. The van der Waals surface area contributed by atoms with E-state index >= 15 is 0 Å². The van der Waals surface area contributed by atoms with Gasteiger partial charge >= 0.3 is 11.9 Å². The van der Waals surface area contributed by atoms with Crippen LogP contribution in [0.25, 0.3) is 0 Å². The van der Waals surface area contributed by atoms with Crippen LogP contribution in [-0.4, -0.2) is 37.7 Å². The van der Waals surface area contributed by atoms with Gasteiger partial charge in [-0.05, 0) is 12.1 Å². The Kier molecular flexibility index (Phi) is 4.93. The van der Waals surface area contributed by atoms with Crippen molar-refractivity contribution >= 4 is 17.8 Å². The molecule has 0 aliphatic rings. The highest BCUT2D eigenvalue weighted by molar-refractivity contribution is 5.94. The van der Waals surface area contributed by atoms with Crippen LogP contribution in [0, 0.1) is 0 Å². The first-order valence-corrected chi connectivity index (χ1v) is 5.03. The van der Waals surface area contributed by atoms with Gasteiger partial charge in [0.15, 0.2) is 0 Å². The van der Waals surface area contributed by atoms with Crippen molar-refractivity contribution in [2.45, 2.75) is 6.42 Å². The van der Waals surface area contributed by atoms with E-state index in [0.29, 0.717) is 17.9 Å². The zero-order valence-electron chi connectivity index (χ0n) is 9.73. The molecule has 0 saturated heterocycles. The van der Waals surface area contributed by atoms with E-state index in [0.717, 1.165) is 0 Å². The molecule has 1 N–H and O–H groups in total. The van der Waals surface area contributed by atoms with Crippen LogP contribution >= 0.6 is 0 Å². The molecule has 0 aromatic carbocycles. The smallest absolute Gasteiger partial charge is 0.341 e. The van der Waals surface area contributed by atoms with Gasteiger partial charge in [-0.15, -0.1) is 0 Å². The predicted molar refractivity (Wildman–Crippen MR) is 60.7 cm³/mol. The Bertz CT molecular complexity index is 406. The third-order valence-electron chi connectivity index (χ3n) is 2.06. The van der Waals surface area contributed by atoms with Gasteiger partial charge in [0, 0.05) is 12.7 Å². The first kappa shape index (κ1) is 13.0. The van der Waals surface area contributed by atoms with Gasteiger partial charge in [-0.1, -0.05) is 0 Å². The Morgan fingerprint density at radius 3 is 2.76 bits per heavy atom. The second kappa shape index (κ2) is 6.47. The van der Waals surface area contributed by atoms with Crippen LogP contribution in [-0.2, 0) is 14.3 Å². The monoisotopic (exact) mass is 238 g/mol. The van der Waals surface area contributed by atoms with Crippen molar-refractivity contribution < 1.29 is 19.1 Å². The maximum Gasteiger partial charge on any atom is 0.341 e. The molecule has 0 saturated carbocycles. The minimum Gasteiger partial charge on any atom is -0.469 e. The highest BCUT2D eigenvalue weighted by atomic mass is 16.5. The summed E-state index contributed by atoms with van der Waals surface area (Å²) in [5, 5.41) is 2.88. The van der Waals surface area contributed by atoms with E-state index in [1.807, 2.05) is 0 Å². The van der Waals surface area contributed by atoms with Gasteiger partial charge in [0.05, 0.1) is 20.6 Å². The van der Waals surface area contributed by atoms with Gasteiger partial charge in [-0.2, -0.15) is 0 Å². The fourth-order valence-corrected chi connectivity index (χ4v) is 1.21. The largest absolute Gasteiger partial charge is 0.469 e. The van der Waals surface area contributed by atoms with Crippen LogP contribution in [0.3, 0.4) is 0 Å². The van der Waals surface area contributed by atoms with Gasteiger partial charge < -0.3 is 14.8 Å². The zero-order valence-corrected chi connectivity index (χ0v) is 9.73. The number of nitrogens with zero attached hydrogens (tertiary/aromatic N) is 1. The molecule has 1 aromatic heterocycles. The summed E-state index contributed by atoms with van der Waals surface area (Å²) in [5.74, 6) is -0.407. The van der Waals surface area contributed by atoms with Gasteiger partial charge in [-0.25, -0.2) is 9.78 Å². The van der Waals surface area contributed by atoms with Crippen molar-refractivity contribution in [1.82, 2.24) is 4.98 Å². The first-order valence-electron chi connectivity index (χ1n) is 5.03. The highest BCUT2D eigenvalue weighted by Gasteiger charge is 2.12. The van der Waals surface area contributed by atoms with E-state index < -0.39 is 5.97 Å². The second-order valence-electron chi connectivity index (χ2n) is 3.14. The van der Waals surface area contributed by atoms with Crippen molar-refractivity contribution in [3.63, 3.8) is 0 Å². The van der Waals surface area contributed by atoms with Crippen molar-refractivity contribution in [3.05, 3.63) is 23.9 Å². The summed E-state index contributed by atoms with van der Waals surface area (Å²) in [6, 6.07) is 3.23. The molecule has 0 fully saturated rings. The summed E-state index contributed by atoms with van der Waals surface area (Å²) < 4.78 is 9.11. The molecule has 0 amide bonds. The van der Waals surface area contributed by atoms with E-state index in [2.05, 4.69) is 19.8 Å². The lowest BCUT2D eigenvalue weighted by Crippen LogP contribution is -2.13. The summed E-state index contributed by atoms with van der Waals surface area (Å²) in [6.45, 7) is 0.341. The van der Waals surface area contributed by atoms with E-state index in [9.17, 15) is 9.59 Å². The Labute approximate surface area is 98.9 Å². The van der Waals surface area contributed by atoms with Crippen molar-refractivity contribution in [2.75, 3.05) is 26.1 Å². The standard InChI is InChI=1S/C11H14N2O4/c1-16-9(14)5-7-13-10-8(11(15)17-2)4-3-6-12-10/h3-4,6H,5,7H2,1-2H3,(H,12,13). The van der Waals surface area contributed by atoms with Gasteiger partial charge in [0.1, 0.15) is 11.4 Å². The average molecular weight is 238 g/mol. The Morgan fingerprint density at radius 2 is 2.12 bits per heavy atom. The fourth-order valence-electron chi connectivity index (χ4n) is 1.21. The van der Waals surface area contributed by atoms with Crippen molar-refractivity contribution in [3.8, 4) is 0 Å². The maximum absolute atomic E-state index is 11.4. The Hall–Kier alpha value is -2.11. The Balaban J connectivity index is 2.64. The summed E-state index contributed by atoms with van der Waals surface area (Å²) >= 11 is 0. The third-order valence-corrected chi connectivity index (χ3v) is 2.06.